The minimum atomic E-state index is -0.933. The van der Waals surface area contributed by atoms with E-state index in [1.54, 1.807) is 24.3 Å². The fourth-order valence-corrected chi connectivity index (χ4v) is 5.06. The minimum Gasteiger partial charge on any atom is -0.494 e. The summed E-state index contributed by atoms with van der Waals surface area (Å²) in [5.74, 6) is 0.144. The van der Waals surface area contributed by atoms with Crippen LogP contribution in [0.15, 0.2) is 59.4 Å². The van der Waals surface area contributed by atoms with Crippen molar-refractivity contribution in [3.63, 3.8) is 0 Å². The van der Waals surface area contributed by atoms with Gasteiger partial charge in [-0.15, -0.1) is 0 Å². The third-order valence-corrected chi connectivity index (χ3v) is 6.97. The molecule has 37 heavy (non-hydrogen) atoms. The Bertz CT molecular complexity index is 1310. The number of anilines is 3. The van der Waals surface area contributed by atoms with Crippen molar-refractivity contribution in [2.45, 2.75) is 38.5 Å². The van der Waals surface area contributed by atoms with E-state index in [1.165, 1.54) is 5.56 Å². The van der Waals surface area contributed by atoms with Gasteiger partial charge in [0.2, 0.25) is 17.8 Å². The number of amides is 2. The molecule has 0 saturated carbocycles. The number of hydrogen-bond donors (Lipinski definition) is 3. The van der Waals surface area contributed by atoms with Crippen LogP contribution in [0.3, 0.4) is 0 Å². The average molecular weight is 502 g/mol. The number of hydrogen-bond acceptors (Lipinski definition) is 6. The highest BCUT2D eigenvalue weighted by atomic mass is 16.5. The molecule has 2 aliphatic heterocycles. The Kier molecular flexibility index (Phi) is 7.20. The largest absolute Gasteiger partial charge is 0.494 e. The summed E-state index contributed by atoms with van der Waals surface area (Å²) in [6, 6.07) is 17.4. The molecular weight excluding hydrogens is 470 g/mol. The molecule has 1 aromatic heterocycles. The van der Waals surface area contributed by atoms with Gasteiger partial charge in [0.15, 0.2) is 0 Å². The molecule has 3 N–H and O–H groups in total. The number of fused-ring (bicyclic) bond motifs is 1. The van der Waals surface area contributed by atoms with Crippen LogP contribution in [0.2, 0.25) is 0 Å². The monoisotopic (exact) mass is 501 g/mol. The molecule has 0 spiro atoms. The van der Waals surface area contributed by atoms with E-state index >= 15 is 0 Å². The number of H-pyrrole nitrogens is 1. The number of benzene rings is 2. The van der Waals surface area contributed by atoms with Crippen LogP contribution < -0.4 is 25.8 Å². The number of nitrogens with one attached hydrogen (secondary N) is 3. The van der Waals surface area contributed by atoms with Crippen molar-refractivity contribution in [3.05, 3.63) is 76.1 Å². The lowest BCUT2D eigenvalue weighted by Crippen LogP contribution is -2.40. The maximum absolute atomic E-state index is 13.2. The summed E-state index contributed by atoms with van der Waals surface area (Å²) < 4.78 is 5.43. The summed E-state index contributed by atoms with van der Waals surface area (Å²) in [5.41, 5.74) is 1.67. The SMILES string of the molecule is CCOc1ccc(NC(=O)[C@@H]2CC(=O)Nc3nc(N4CCC(Cc5ccccc5)CC4)[nH]c(=O)c32)cc1. The Labute approximate surface area is 215 Å². The standard InChI is InChI=1S/C28H31N5O4/c1-2-37-21-10-8-20(9-11-21)29-26(35)22-17-23(34)30-25-24(22)27(36)32-28(31-25)33-14-12-19(13-15-33)16-18-6-4-3-5-7-18/h3-11,19,22H,2,12-17H2,1H3,(H,29,35)(H2,30,31,32,34,36)/t22-/m1/s1. The number of carbonyl (C=O) groups excluding carboxylic acids is 2. The molecule has 2 aliphatic rings. The predicted octanol–water partition coefficient (Wildman–Crippen LogP) is 3.69. The Hall–Kier alpha value is -4.14. The third kappa shape index (κ3) is 5.66. The summed E-state index contributed by atoms with van der Waals surface area (Å²) in [6.07, 6.45) is 2.87. The van der Waals surface area contributed by atoms with Crippen LogP contribution in [0.1, 0.15) is 43.2 Å². The second-order valence-electron chi connectivity index (χ2n) is 9.52. The highest BCUT2D eigenvalue weighted by molar-refractivity contribution is 6.04. The summed E-state index contributed by atoms with van der Waals surface area (Å²) >= 11 is 0. The first-order chi connectivity index (χ1) is 18.0. The second kappa shape index (κ2) is 10.9. The van der Waals surface area contributed by atoms with Gasteiger partial charge in [0.25, 0.3) is 5.56 Å². The number of carbonyl (C=O) groups is 2. The topological polar surface area (TPSA) is 116 Å². The zero-order valence-corrected chi connectivity index (χ0v) is 20.8. The number of aromatic amines is 1. The van der Waals surface area contributed by atoms with Crippen molar-refractivity contribution in [3.8, 4) is 5.75 Å². The van der Waals surface area contributed by atoms with Gasteiger partial charge in [0.05, 0.1) is 18.1 Å². The van der Waals surface area contributed by atoms with Crippen LogP contribution in [0.25, 0.3) is 0 Å². The lowest BCUT2D eigenvalue weighted by molar-refractivity contribution is -0.123. The first kappa shape index (κ1) is 24.5. The Balaban J connectivity index is 1.29. The minimum absolute atomic E-state index is 0.120. The Morgan fingerprint density at radius 2 is 1.81 bits per heavy atom. The zero-order valence-electron chi connectivity index (χ0n) is 20.8. The van der Waals surface area contributed by atoms with E-state index in [-0.39, 0.29) is 23.7 Å². The van der Waals surface area contributed by atoms with Gasteiger partial charge in [-0.3, -0.25) is 19.4 Å². The van der Waals surface area contributed by atoms with E-state index in [4.69, 9.17) is 4.74 Å². The van der Waals surface area contributed by atoms with Gasteiger partial charge in [-0.2, -0.15) is 4.98 Å². The van der Waals surface area contributed by atoms with Crippen molar-refractivity contribution < 1.29 is 14.3 Å². The van der Waals surface area contributed by atoms with Gasteiger partial charge >= 0.3 is 0 Å². The van der Waals surface area contributed by atoms with Gasteiger partial charge in [-0.05, 0) is 61.9 Å². The van der Waals surface area contributed by atoms with Crippen molar-refractivity contribution in [2.24, 2.45) is 5.92 Å². The first-order valence-electron chi connectivity index (χ1n) is 12.8. The number of rotatable bonds is 7. The molecule has 192 valence electrons. The summed E-state index contributed by atoms with van der Waals surface area (Å²) in [7, 11) is 0. The quantitative estimate of drug-likeness (QED) is 0.455. The molecule has 2 amide bonds. The highest BCUT2D eigenvalue weighted by Crippen LogP contribution is 2.31. The molecule has 3 aromatic rings. The number of piperidine rings is 1. The predicted molar refractivity (Wildman–Crippen MR) is 142 cm³/mol. The molecule has 3 heterocycles. The zero-order chi connectivity index (χ0) is 25.8. The summed E-state index contributed by atoms with van der Waals surface area (Å²) in [6.45, 7) is 3.96. The normalized spacial score (nSPS) is 17.6. The molecule has 9 heteroatoms. The molecule has 0 radical (unpaired) electrons. The van der Waals surface area contributed by atoms with Gasteiger partial charge in [0, 0.05) is 25.2 Å². The number of aromatic nitrogens is 2. The molecule has 1 fully saturated rings. The molecule has 9 nitrogen and oxygen atoms in total. The average Bonchev–Trinajstić information content (AvgIpc) is 2.90. The van der Waals surface area contributed by atoms with E-state index < -0.39 is 17.4 Å². The van der Waals surface area contributed by atoms with E-state index in [0.717, 1.165) is 32.4 Å². The molecule has 1 saturated heterocycles. The second-order valence-corrected chi connectivity index (χ2v) is 9.52. The van der Waals surface area contributed by atoms with Crippen LogP contribution >= 0.6 is 0 Å². The molecule has 0 unspecified atom stereocenters. The fraction of sp³-hybridized carbons (Fsp3) is 0.357. The highest BCUT2D eigenvalue weighted by Gasteiger charge is 2.35. The van der Waals surface area contributed by atoms with Crippen LogP contribution in [0, 0.1) is 5.92 Å². The smallest absolute Gasteiger partial charge is 0.258 e. The van der Waals surface area contributed by atoms with Crippen molar-refractivity contribution >= 4 is 29.3 Å². The summed E-state index contributed by atoms with van der Waals surface area (Å²) in [4.78, 5) is 48.2. The molecular formula is C28H31N5O4. The van der Waals surface area contributed by atoms with Gasteiger partial charge in [0.1, 0.15) is 11.6 Å². The lowest BCUT2D eigenvalue weighted by Gasteiger charge is -2.33. The summed E-state index contributed by atoms with van der Waals surface area (Å²) in [5, 5.41) is 5.51. The van der Waals surface area contributed by atoms with Gasteiger partial charge in [-0.1, -0.05) is 30.3 Å². The van der Waals surface area contributed by atoms with Crippen LogP contribution in [-0.4, -0.2) is 41.5 Å². The van der Waals surface area contributed by atoms with E-state index in [1.807, 2.05) is 17.9 Å². The maximum atomic E-state index is 13.2. The van der Waals surface area contributed by atoms with Crippen LogP contribution in [0.4, 0.5) is 17.5 Å². The Morgan fingerprint density at radius 3 is 2.51 bits per heavy atom. The van der Waals surface area contributed by atoms with Crippen LogP contribution in [-0.2, 0) is 16.0 Å². The maximum Gasteiger partial charge on any atom is 0.258 e. The van der Waals surface area contributed by atoms with Crippen LogP contribution in [0.5, 0.6) is 5.75 Å². The van der Waals surface area contributed by atoms with E-state index in [0.29, 0.717) is 29.9 Å². The lowest BCUT2D eigenvalue weighted by atomic mass is 9.90. The van der Waals surface area contributed by atoms with Gasteiger partial charge in [-0.25, -0.2) is 0 Å². The van der Waals surface area contributed by atoms with Crippen molar-refractivity contribution in [1.82, 2.24) is 9.97 Å². The molecule has 2 aromatic carbocycles. The van der Waals surface area contributed by atoms with Gasteiger partial charge < -0.3 is 20.3 Å². The van der Waals surface area contributed by atoms with E-state index in [2.05, 4.69) is 44.9 Å². The van der Waals surface area contributed by atoms with Crippen molar-refractivity contribution in [1.29, 1.82) is 0 Å². The van der Waals surface area contributed by atoms with E-state index in [9.17, 15) is 14.4 Å². The Morgan fingerprint density at radius 1 is 1.08 bits per heavy atom. The molecule has 0 bridgehead atoms. The number of nitrogens with zero attached hydrogens (tertiary/aromatic N) is 2. The molecule has 1 atom stereocenters. The molecule has 5 rings (SSSR count). The fourth-order valence-electron chi connectivity index (χ4n) is 5.06. The first-order valence-corrected chi connectivity index (χ1v) is 12.8. The molecule has 0 aliphatic carbocycles. The van der Waals surface area contributed by atoms with Crippen molar-refractivity contribution in [2.75, 3.05) is 35.2 Å². The third-order valence-electron chi connectivity index (χ3n) is 6.97. The number of ether oxygens (including phenoxy) is 1.